The molecule has 1 N–H and O–H groups in total. The van der Waals surface area contributed by atoms with E-state index in [1.165, 1.54) is 11.0 Å². The number of piperidine rings is 1. The molecular formula is C15H18F3N3O2. The number of aromatic nitrogens is 2. The molecule has 0 spiro atoms. The molecule has 23 heavy (non-hydrogen) atoms. The largest absolute Gasteiger partial charge is 0.414 e. The van der Waals surface area contributed by atoms with Crippen LogP contribution in [0.25, 0.3) is 0 Å². The van der Waals surface area contributed by atoms with Crippen molar-refractivity contribution in [1.82, 2.24) is 14.9 Å². The molecule has 1 saturated heterocycles. The lowest BCUT2D eigenvalue weighted by Gasteiger charge is -2.34. The number of hydrogen-bond donors (Lipinski definition) is 1. The van der Waals surface area contributed by atoms with E-state index in [0.29, 0.717) is 11.7 Å². The Morgan fingerprint density at radius 2 is 1.91 bits per heavy atom. The van der Waals surface area contributed by atoms with E-state index in [-0.39, 0.29) is 37.5 Å². The molecule has 1 atom stereocenters. The van der Waals surface area contributed by atoms with Crippen LogP contribution in [-0.2, 0) is 0 Å². The van der Waals surface area contributed by atoms with Crippen molar-refractivity contribution in [2.24, 2.45) is 5.92 Å². The van der Waals surface area contributed by atoms with Gasteiger partial charge in [-0.3, -0.25) is 4.79 Å². The molecule has 2 fully saturated rings. The predicted molar refractivity (Wildman–Crippen MR) is 74.7 cm³/mol. The Morgan fingerprint density at radius 1 is 1.26 bits per heavy atom. The maximum absolute atomic E-state index is 12.5. The monoisotopic (exact) mass is 329 g/mol. The fraction of sp³-hybridized carbons (Fsp3) is 0.667. The van der Waals surface area contributed by atoms with Gasteiger partial charge in [0, 0.05) is 25.2 Å². The summed E-state index contributed by atoms with van der Waals surface area (Å²) >= 11 is 0. The highest BCUT2D eigenvalue weighted by Gasteiger charge is 2.44. The highest BCUT2D eigenvalue weighted by atomic mass is 19.4. The zero-order valence-electron chi connectivity index (χ0n) is 12.5. The fourth-order valence-corrected chi connectivity index (χ4v) is 2.88. The topological polar surface area (TPSA) is 66.3 Å². The lowest BCUT2D eigenvalue weighted by atomic mass is 9.91. The third-order valence-electron chi connectivity index (χ3n) is 4.44. The highest BCUT2D eigenvalue weighted by molar-refractivity contribution is 5.92. The minimum atomic E-state index is -4.61. The van der Waals surface area contributed by atoms with Crippen molar-refractivity contribution >= 4 is 5.91 Å². The number of halogens is 3. The lowest BCUT2D eigenvalue weighted by Crippen LogP contribution is -2.45. The van der Waals surface area contributed by atoms with Gasteiger partial charge >= 0.3 is 6.18 Å². The lowest BCUT2D eigenvalue weighted by molar-refractivity contribution is -0.222. The number of likely N-dealkylation sites (tertiary alicyclic amines) is 1. The second kappa shape index (κ2) is 6.07. The number of carbonyl (C=O) groups is 1. The zero-order chi connectivity index (χ0) is 16.6. The van der Waals surface area contributed by atoms with E-state index in [1.807, 2.05) is 0 Å². The van der Waals surface area contributed by atoms with E-state index in [1.54, 1.807) is 6.20 Å². The summed E-state index contributed by atoms with van der Waals surface area (Å²) in [5, 5.41) is 9.31. The van der Waals surface area contributed by atoms with E-state index >= 15 is 0 Å². The number of carbonyl (C=O) groups excluding carboxylic acids is 1. The molecule has 1 aromatic heterocycles. The Balaban J connectivity index is 1.61. The molecule has 126 valence electrons. The minimum Gasteiger partial charge on any atom is -0.383 e. The van der Waals surface area contributed by atoms with Gasteiger partial charge in [0.05, 0.1) is 0 Å². The van der Waals surface area contributed by atoms with Crippen LogP contribution in [0.15, 0.2) is 12.3 Å². The van der Waals surface area contributed by atoms with Crippen LogP contribution in [0.2, 0.25) is 0 Å². The van der Waals surface area contributed by atoms with Crippen LogP contribution in [0, 0.1) is 5.92 Å². The third kappa shape index (κ3) is 3.63. The molecule has 0 radical (unpaired) electrons. The number of aliphatic hydroxyl groups excluding tert-OH is 1. The second-order valence-electron chi connectivity index (χ2n) is 6.19. The number of hydrogen-bond acceptors (Lipinski definition) is 4. The maximum Gasteiger partial charge on any atom is 0.414 e. The van der Waals surface area contributed by atoms with E-state index in [0.717, 1.165) is 12.8 Å². The van der Waals surface area contributed by atoms with Crippen molar-refractivity contribution in [2.75, 3.05) is 13.1 Å². The highest BCUT2D eigenvalue weighted by Crippen LogP contribution is 2.38. The standard InChI is InChI=1S/C15H18F3N3O2/c16-15(17,18)12(22)9-4-7-21(8-5-9)14(23)11-3-6-19-13(20-11)10-1-2-10/h3,6,9-10,12,22H,1-2,4-5,7-8H2. The smallest absolute Gasteiger partial charge is 0.383 e. The van der Waals surface area contributed by atoms with Gasteiger partial charge in [0.2, 0.25) is 0 Å². The predicted octanol–water partition coefficient (Wildman–Crippen LogP) is 2.13. The first kappa shape index (κ1) is 16.2. The van der Waals surface area contributed by atoms with Gasteiger partial charge in [-0.15, -0.1) is 0 Å². The quantitative estimate of drug-likeness (QED) is 0.922. The molecule has 2 aliphatic rings. The molecule has 3 rings (SSSR count). The molecule has 2 heterocycles. The van der Waals surface area contributed by atoms with Crippen molar-refractivity contribution in [1.29, 1.82) is 0 Å². The molecule has 1 amide bonds. The van der Waals surface area contributed by atoms with E-state index < -0.39 is 18.2 Å². The Kier molecular flexibility index (Phi) is 4.27. The summed E-state index contributed by atoms with van der Waals surface area (Å²) in [7, 11) is 0. The SMILES string of the molecule is O=C(c1ccnc(C2CC2)n1)N1CCC(C(O)C(F)(F)F)CC1. The molecule has 1 saturated carbocycles. The summed E-state index contributed by atoms with van der Waals surface area (Å²) in [6.45, 7) is 0.388. The number of rotatable bonds is 3. The van der Waals surface area contributed by atoms with Gasteiger partial charge in [-0.25, -0.2) is 9.97 Å². The Hall–Kier alpha value is -1.70. The van der Waals surface area contributed by atoms with Gasteiger partial charge in [0.15, 0.2) is 6.10 Å². The molecule has 0 aromatic carbocycles. The molecule has 1 aromatic rings. The van der Waals surface area contributed by atoms with Crippen molar-refractivity contribution in [3.05, 3.63) is 23.8 Å². The van der Waals surface area contributed by atoms with Crippen molar-refractivity contribution in [2.45, 2.75) is 43.9 Å². The van der Waals surface area contributed by atoms with Gasteiger partial charge in [0.1, 0.15) is 11.5 Å². The van der Waals surface area contributed by atoms with Gasteiger partial charge in [-0.05, 0) is 37.7 Å². The molecule has 0 bridgehead atoms. The number of aliphatic hydroxyl groups is 1. The number of amides is 1. The molecule has 1 aliphatic heterocycles. The van der Waals surface area contributed by atoms with Crippen LogP contribution in [0.5, 0.6) is 0 Å². The van der Waals surface area contributed by atoms with Crippen LogP contribution in [0.1, 0.15) is 47.9 Å². The van der Waals surface area contributed by atoms with Crippen LogP contribution < -0.4 is 0 Å². The van der Waals surface area contributed by atoms with Gasteiger partial charge in [0.25, 0.3) is 5.91 Å². The molecule has 5 nitrogen and oxygen atoms in total. The summed E-state index contributed by atoms with van der Waals surface area (Å²) in [4.78, 5) is 22.3. The Bertz CT molecular complexity index is 582. The van der Waals surface area contributed by atoms with E-state index in [9.17, 15) is 23.1 Å². The van der Waals surface area contributed by atoms with E-state index in [4.69, 9.17) is 0 Å². The Labute approximate surface area is 131 Å². The van der Waals surface area contributed by atoms with Gasteiger partial charge < -0.3 is 10.0 Å². The summed E-state index contributed by atoms with van der Waals surface area (Å²) in [5.74, 6) is -0.144. The first-order valence-corrected chi connectivity index (χ1v) is 7.73. The number of nitrogens with zero attached hydrogens (tertiary/aromatic N) is 3. The third-order valence-corrected chi connectivity index (χ3v) is 4.44. The van der Waals surface area contributed by atoms with Crippen molar-refractivity contribution < 1.29 is 23.1 Å². The molecule has 1 aliphatic carbocycles. The summed E-state index contributed by atoms with van der Waals surface area (Å²) in [6, 6.07) is 1.53. The molecular weight excluding hydrogens is 311 g/mol. The first-order chi connectivity index (χ1) is 10.9. The van der Waals surface area contributed by atoms with Crippen molar-refractivity contribution in [3.8, 4) is 0 Å². The molecule has 1 unspecified atom stereocenters. The normalized spacial score (nSPS) is 21.3. The van der Waals surface area contributed by atoms with Crippen molar-refractivity contribution in [3.63, 3.8) is 0 Å². The van der Waals surface area contributed by atoms with Gasteiger partial charge in [-0.2, -0.15) is 13.2 Å². The summed E-state index contributed by atoms with van der Waals surface area (Å²) < 4.78 is 37.6. The van der Waals surface area contributed by atoms with Crippen LogP contribution in [0.3, 0.4) is 0 Å². The maximum atomic E-state index is 12.5. The second-order valence-corrected chi connectivity index (χ2v) is 6.19. The van der Waals surface area contributed by atoms with Crippen LogP contribution in [0.4, 0.5) is 13.2 Å². The minimum absolute atomic E-state index is 0.132. The van der Waals surface area contributed by atoms with Crippen LogP contribution in [-0.4, -0.2) is 51.3 Å². The first-order valence-electron chi connectivity index (χ1n) is 7.73. The fourth-order valence-electron chi connectivity index (χ4n) is 2.88. The summed E-state index contributed by atoms with van der Waals surface area (Å²) in [5.41, 5.74) is 0.289. The average molecular weight is 329 g/mol. The van der Waals surface area contributed by atoms with E-state index in [2.05, 4.69) is 9.97 Å². The average Bonchev–Trinajstić information content (AvgIpc) is 3.38. The van der Waals surface area contributed by atoms with Crippen LogP contribution >= 0.6 is 0 Å². The van der Waals surface area contributed by atoms with Gasteiger partial charge in [-0.1, -0.05) is 0 Å². The zero-order valence-corrected chi connectivity index (χ0v) is 12.5. The summed E-state index contributed by atoms with van der Waals surface area (Å²) in [6.07, 6.45) is -3.06. The number of alkyl halides is 3. The molecule has 8 heteroatoms. The Morgan fingerprint density at radius 3 is 2.48 bits per heavy atom.